The van der Waals surface area contributed by atoms with E-state index in [1.807, 2.05) is 0 Å². The van der Waals surface area contributed by atoms with Crippen molar-refractivity contribution in [3.8, 4) is 5.75 Å². The Bertz CT molecular complexity index is 852. The first-order valence-corrected chi connectivity index (χ1v) is 10.1. The summed E-state index contributed by atoms with van der Waals surface area (Å²) in [6.45, 7) is 2.69. The molecule has 0 unspecified atom stereocenters. The first-order chi connectivity index (χ1) is 14.0. The molecule has 0 radical (unpaired) electrons. The van der Waals surface area contributed by atoms with E-state index in [0.717, 1.165) is 0 Å². The summed E-state index contributed by atoms with van der Waals surface area (Å²) in [5.74, 6) is 0.393. The van der Waals surface area contributed by atoms with E-state index < -0.39 is 0 Å². The summed E-state index contributed by atoms with van der Waals surface area (Å²) in [5, 5.41) is 3.80. The van der Waals surface area contributed by atoms with E-state index in [4.69, 9.17) is 32.7 Å². The van der Waals surface area contributed by atoms with Gasteiger partial charge in [0.25, 0.3) is 5.91 Å². The van der Waals surface area contributed by atoms with Crippen LogP contribution in [0.2, 0.25) is 10.0 Å². The molecule has 0 atom stereocenters. The number of morpholine rings is 1. The molecule has 1 fully saturated rings. The molecule has 29 heavy (non-hydrogen) atoms. The molecule has 2 aromatic carbocycles. The second-order valence-electron chi connectivity index (χ2n) is 6.56. The molecule has 1 aliphatic rings. The van der Waals surface area contributed by atoms with Crippen LogP contribution in [0.15, 0.2) is 42.5 Å². The Kier molecular flexibility index (Phi) is 7.75. The monoisotopic (exact) mass is 436 g/mol. The molecule has 3 rings (SSSR count). The molecular formula is C21H22Cl2N2O4. The first-order valence-electron chi connectivity index (χ1n) is 9.38. The minimum Gasteiger partial charge on any atom is -0.492 e. The molecule has 1 saturated heterocycles. The number of hydrogen-bond acceptors (Lipinski definition) is 4. The van der Waals surface area contributed by atoms with Gasteiger partial charge in [-0.2, -0.15) is 0 Å². The van der Waals surface area contributed by atoms with Gasteiger partial charge in [0, 0.05) is 35.8 Å². The van der Waals surface area contributed by atoms with Gasteiger partial charge < -0.3 is 19.7 Å². The number of carbonyl (C=O) groups excluding carboxylic acids is 2. The zero-order chi connectivity index (χ0) is 20.6. The fraction of sp³-hybridized carbons (Fsp3) is 0.333. The highest BCUT2D eigenvalue weighted by Crippen LogP contribution is 2.27. The standard InChI is InChI=1S/C21H22Cl2N2O4/c22-16-5-8-19(18(23)14-16)29-11-1-2-20(26)24-17-6-3-15(4-7-17)21(27)25-9-12-28-13-10-25/h3-8,14H,1-2,9-13H2,(H,24,26). The first kappa shape index (κ1) is 21.4. The van der Waals surface area contributed by atoms with Crippen LogP contribution in [-0.2, 0) is 9.53 Å². The van der Waals surface area contributed by atoms with E-state index in [0.29, 0.717) is 72.8 Å². The zero-order valence-electron chi connectivity index (χ0n) is 15.8. The predicted molar refractivity (Wildman–Crippen MR) is 113 cm³/mol. The van der Waals surface area contributed by atoms with Gasteiger partial charge in [-0.1, -0.05) is 23.2 Å². The van der Waals surface area contributed by atoms with E-state index in [2.05, 4.69) is 5.32 Å². The summed E-state index contributed by atoms with van der Waals surface area (Å²) >= 11 is 11.9. The molecule has 154 valence electrons. The zero-order valence-corrected chi connectivity index (χ0v) is 17.3. The molecule has 0 saturated carbocycles. The maximum atomic E-state index is 12.4. The number of anilines is 1. The Balaban J connectivity index is 1.41. The topological polar surface area (TPSA) is 67.9 Å². The number of ether oxygens (including phenoxy) is 2. The number of carbonyl (C=O) groups is 2. The fourth-order valence-electron chi connectivity index (χ4n) is 2.88. The van der Waals surface area contributed by atoms with Crippen LogP contribution in [0.3, 0.4) is 0 Å². The largest absolute Gasteiger partial charge is 0.492 e. The lowest BCUT2D eigenvalue weighted by atomic mass is 10.1. The molecule has 2 amide bonds. The Morgan fingerprint density at radius 2 is 1.79 bits per heavy atom. The van der Waals surface area contributed by atoms with Crippen LogP contribution < -0.4 is 10.1 Å². The van der Waals surface area contributed by atoms with Crippen LogP contribution in [-0.4, -0.2) is 49.6 Å². The molecule has 0 bridgehead atoms. The molecule has 2 aromatic rings. The Morgan fingerprint density at radius 3 is 2.48 bits per heavy atom. The summed E-state index contributed by atoms with van der Waals surface area (Å²) in [6.07, 6.45) is 0.845. The summed E-state index contributed by atoms with van der Waals surface area (Å²) < 4.78 is 10.8. The van der Waals surface area contributed by atoms with Crippen molar-refractivity contribution in [1.82, 2.24) is 4.90 Å². The van der Waals surface area contributed by atoms with Crippen LogP contribution in [0.5, 0.6) is 5.75 Å². The molecule has 1 heterocycles. The van der Waals surface area contributed by atoms with Crippen molar-refractivity contribution in [1.29, 1.82) is 0 Å². The number of nitrogens with zero attached hydrogens (tertiary/aromatic N) is 1. The Hall–Kier alpha value is -2.28. The molecule has 0 spiro atoms. The minimum absolute atomic E-state index is 0.0239. The smallest absolute Gasteiger partial charge is 0.254 e. The Morgan fingerprint density at radius 1 is 1.07 bits per heavy atom. The second kappa shape index (κ2) is 10.5. The highest BCUT2D eigenvalue weighted by atomic mass is 35.5. The molecule has 0 aliphatic carbocycles. The molecule has 1 N–H and O–H groups in total. The van der Waals surface area contributed by atoms with Gasteiger partial charge in [-0.15, -0.1) is 0 Å². The third kappa shape index (κ3) is 6.35. The third-order valence-electron chi connectivity index (χ3n) is 4.41. The van der Waals surface area contributed by atoms with Crippen molar-refractivity contribution in [2.75, 3.05) is 38.2 Å². The predicted octanol–water partition coefficient (Wildman–Crippen LogP) is 4.26. The molecule has 6 nitrogen and oxygen atoms in total. The van der Waals surface area contributed by atoms with E-state index in [1.54, 1.807) is 47.4 Å². The molecule has 0 aromatic heterocycles. The number of benzene rings is 2. The van der Waals surface area contributed by atoms with Crippen molar-refractivity contribution >= 4 is 40.7 Å². The molecule has 8 heteroatoms. The van der Waals surface area contributed by atoms with E-state index >= 15 is 0 Å². The van der Waals surface area contributed by atoms with Crippen molar-refractivity contribution < 1.29 is 19.1 Å². The van der Waals surface area contributed by atoms with Crippen molar-refractivity contribution in [2.45, 2.75) is 12.8 Å². The highest BCUT2D eigenvalue weighted by Gasteiger charge is 2.18. The maximum Gasteiger partial charge on any atom is 0.254 e. The van der Waals surface area contributed by atoms with Gasteiger partial charge in [-0.05, 0) is 48.9 Å². The quantitative estimate of drug-likeness (QED) is 0.658. The molecular weight excluding hydrogens is 415 g/mol. The lowest BCUT2D eigenvalue weighted by Gasteiger charge is -2.26. The van der Waals surface area contributed by atoms with Gasteiger partial charge in [-0.3, -0.25) is 9.59 Å². The Labute approximate surface area is 179 Å². The van der Waals surface area contributed by atoms with Crippen LogP contribution >= 0.6 is 23.2 Å². The summed E-state index contributed by atoms with van der Waals surface area (Å²) in [6, 6.07) is 11.9. The number of halogens is 2. The minimum atomic E-state index is -0.122. The van der Waals surface area contributed by atoms with E-state index in [1.165, 1.54) is 0 Å². The van der Waals surface area contributed by atoms with Crippen molar-refractivity contribution in [3.63, 3.8) is 0 Å². The average Bonchev–Trinajstić information content (AvgIpc) is 2.73. The summed E-state index contributed by atoms with van der Waals surface area (Å²) in [4.78, 5) is 26.3. The number of rotatable bonds is 7. The SMILES string of the molecule is O=C(CCCOc1ccc(Cl)cc1Cl)Nc1ccc(C(=O)N2CCOCC2)cc1. The number of hydrogen-bond donors (Lipinski definition) is 1. The van der Waals surface area contributed by atoms with E-state index in [9.17, 15) is 9.59 Å². The average molecular weight is 437 g/mol. The van der Waals surface area contributed by atoms with Crippen LogP contribution in [0.25, 0.3) is 0 Å². The van der Waals surface area contributed by atoms with Gasteiger partial charge in [0.1, 0.15) is 5.75 Å². The van der Waals surface area contributed by atoms with Crippen LogP contribution in [0.1, 0.15) is 23.2 Å². The number of nitrogens with one attached hydrogen (secondary N) is 1. The van der Waals surface area contributed by atoms with Crippen LogP contribution in [0.4, 0.5) is 5.69 Å². The van der Waals surface area contributed by atoms with Gasteiger partial charge in [-0.25, -0.2) is 0 Å². The number of amides is 2. The van der Waals surface area contributed by atoms with Gasteiger partial charge in [0.2, 0.25) is 5.91 Å². The lowest BCUT2D eigenvalue weighted by molar-refractivity contribution is -0.116. The van der Waals surface area contributed by atoms with Crippen LogP contribution in [0, 0.1) is 0 Å². The maximum absolute atomic E-state index is 12.4. The summed E-state index contributed by atoms with van der Waals surface area (Å²) in [7, 11) is 0. The highest BCUT2D eigenvalue weighted by molar-refractivity contribution is 6.35. The van der Waals surface area contributed by atoms with E-state index in [-0.39, 0.29) is 11.8 Å². The summed E-state index contributed by atoms with van der Waals surface area (Å²) in [5.41, 5.74) is 1.24. The van der Waals surface area contributed by atoms with Crippen molar-refractivity contribution in [2.24, 2.45) is 0 Å². The lowest BCUT2D eigenvalue weighted by Crippen LogP contribution is -2.40. The van der Waals surface area contributed by atoms with Gasteiger partial charge >= 0.3 is 0 Å². The molecule has 1 aliphatic heterocycles. The van der Waals surface area contributed by atoms with Gasteiger partial charge in [0.05, 0.1) is 24.8 Å². The normalized spacial score (nSPS) is 13.8. The third-order valence-corrected chi connectivity index (χ3v) is 4.94. The van der Waals surface area contributed by atoms with Gasteiger partial charge in [0.15, 0.2) is 0 Å². The van der Waals surface area contributed by atoms with Crippen molar-refractivity contribution in [3.05, 3.63) is 58.1 Å². The fourth-order valence-corrected chi connectivity index (χ4v) is 3.34. The second-order valence-corrected chi connectivity index (χ2v) is 7.40.